The highest BCUT2D eigenvalue weighted by molar-refractivity contribution is 6.03. The minimum Gasteiger partial charge on any atom is -0.459 e. The van der Waals surface area contributed by atoms with E-state index in [0.29, 0.717) is 37.1 Å². The molecule has 0 saturated carbocycles. The molecule has 2 aromatic rings. The predicted octanol–water partition coefficient (Wildman–Crippen LogP) is 3.63. The highest BCUT2D eigenvalue weighted by atomic mass is 19.3. The molecular formula is C22H27F2N3O5. The van der Waals surface area contributed by atoms with E-state index in [2.05, 4.69) is 4.98 Å². The molecule has 0 N–H and O–H groups in total. The summed E-state index contributed by atoms with van der Waals surface area (Å²) in [5, 5.41) is 0.466. The van der Waals surface area contributed by atoms with E-state index >= 15 is 0 Å². The van der Waals surface area contributed by atoms with E-state index in [0.717, 1.165) is 0 Å². The molecule has 4 heterocycles. The Bertz CT molecular complexity index is 989. The fourth-order valence-corrected chi connectivity index (χ4v) is 4.36. The van der Waals surface area contributed by atoms with Crippen molar-refractivity contribution < 1.29 is 32.6 Å². The van der Waals surface area contributed by atoms with Crippen molar-refractivity contribution in [1.29, 1.82) is 0 Å². The van der Waals surface area contributed by atoms with Gasteiger partial charge in [-0.2, -0.15) is 0 Å². The van der Waals surface area contributed by atoms with Crippen molar-refractivity contribution in [2.45, 2.75) is 70.4 Å². The first-order valence-corrected chi connectivity index (χ1v) is 10.6. The summed E-state index contributed by atoms with van der Waals surface area (Å²) in [5.41, 5.74) is -0.106. The molecule has 32 heavy (non-hydrogen) atoms. The SMILES string of the molecule is CC(C)(C)OC(=O)N1C2COCC1CC(OC(=O)c1cn(CC(F)F)c3ncccc13)C2. The van der Waals surface area contributed by atoms with E-state index in [1.54, 1.807) is 17.0 Å². The molecule has 2 aromatic heterocycles. The number of fused-ring (bicyclic) bond motifs is 3. The monoisotopic (exact) mass is 451 g/mol. The van der Waals surface area contributed by atoms with Crippen LogP contribution in [0.5, 0.6) is 0 Å². The Labute approximate surface area is 184 Å². The number of nitrogens with zero attached hydrogens (tertiary/aromatic N) is 3. The van der Waals surface area contributed by atoms with Crippen LogP contribution < -0.4 is 0 Å². The molecule has 174 valence electrons. The van der Waals surface area contributed by atoms with Gasteiger partial charge < -0.3 is 18.8 Å². The number of hydrogen-bond acceptors (Lipinski definition) is 6. The van der Waals surface area contributed by atoms with Crippen molar-refractivity contribution in [3.05, 3.63) is 30.1 Å². The summed E-state index contributed by atoms with van der Waals surface area (Å²) in [6.45, 7) is 5.54. The summed E-state index contributed by atoms with van der Waals surface area (Å²) in [6.07, 6.45) is 0.281. The zero-order valence-electron chi connectivity index (χ0n) is 18.3. The van der Waals surface area contributed by atoms with Crippen LogP contribution >= 0.6 is 0 Å². The van der Waals surface area contributed by atoms with Gasteiger partial charge in [0, 0.05) is 30.6 Å². The third kappa shape index (κ3) is 4.69. The number of esters is 1. The number of piperidine rings is 1. The van der Waals surface area contributed by atoms with Gasteiger partial charge in [-0.25, -0.2) is 23.4 Å². The second-order valence-electron chi connectivity index (χ2n) is 9.19. The normalized spacial score (nSPS) is 23.4. The average Bonchev–Trinajstić information content (AvgIpc) is 3.04. The van der Waals surface area contributed by atoms with Gasteiger partial charge in [-0.1, -0.05) is 0 Å². The van der Waals surface area contributed by atoms with Crippen LogP contribution in [-0.2, 0) is 20.8 Å². The number of hydrogen-bond donors (Lipinski definition) is 0. The fraction of sp³-hybridized carbons (Fsp3) is 0.591. The Balaban J connectivity index is 1.49. The predicted molar refractivity (Wildman–Crippen MR) is 111 cm³/mol. The van der Waals surface area contributed by atoms with E-state index in [1.165, 1.54) is 17.0 Å². The van der Waals surface area contributed by atoms with Crippen LogP contribution in [0.4, 0.5) is 13.6 Å². The van der Waals surface area contributed by atoms with Gasteiger partial charge >= 0.3 is 12.1 Å². The lowest BCUT2D eigenvalue weighted by Crippen LogP contribution is -2.61. The minimum absolute atomic E-state index is 0.199. The topological polar surface area (TPSA) is 82.9 Å². The number of halogens is 2. The summed E-state index contributed by atoms with van der Waals surface area (Å²) in [6, 6.07) is 2.77. The first-order chi connectivity index (χ1) is 15.1. The van der Waals surface area contributed by atoms with Gasteiger partial charge in [-0.05, 0) is 32.9 Å². The first kappa shape index (κ1) is 22.4. The molecule has 8 nitrogen and oxygen atoms in total. The van der Waals surface area contributed by atoms with E-state index in [9.17, 15) is 18.4 Å². The molecule has 2 saturated heterocycles. The van der Waals surface area contributed by atoms with Crippen LogP contribution in [-0.4, -0.2) is 69.9 Å². The molecule has 0 aromatic carbocycles. The van der Waals surface area contributed by atoms with E-state index in [4.69, 9.17) is 14.2 Å². The van der Waals surface area contributed by atoms with Crippen molar-refractivity contribution in [3.63, 3.8) is 0 Å². The number of carbonyl (C=O) groups excluding carboxylic acids is 2. The summed E-state index contributed by atoms with van der Waals surface area (Å²) in [7, 11) is 0. The van der Waals surface area contributed by atoms with Crippen LogP contribution in [0.1, 0.15) is 44.0 Å². The van der Waals surface area contributed by atoms with Crippen molar-refractivity contribution in [2.75, 3.05) is 13.2 Å². The van der Waals surface area contributed by atoms with Crippen LogP contribution in [0, 0.1) is 0 Å². The Hall–Kier alpha value is -2.75. The Kier molecular flexibility index (Phi) is 6.07. The Morgan fingerprint density at radius 3 is 2.56 bits per heavy atom. The second kappa shape index (κ2) is 8.65. The van der Waals surface area contributed by atoms with Crippen LogP contribution in [0.15, 0.2) is 24.5 Å². The molecule has 2 atom stereocenters. The van der Waals surface area contributed by atoms with Crippen molar-refractivity contribution in [1.82, 2.24) is 14.5 Å². The number of alkyl halides is 2. The molecule has 2 aliphatic heterocycles. The van der Waals surface area contributed by atoms with Gasteiger partial charge in [-0.15, -0.1) is 0 Å². The van der Waals surface area contributed by atoms with E-state index < -0.39 is 36.7 Å². The summed E-state index contributed by atoms with van der Waals surface area (Å²) in [4.78, 5) is 31.5. The molecule has 1 amide bonds. The lowest BCUT2D eigenvalue weighted by Gasteiger charge is -2.47. The van der Waals surface area contributed by atoms with Crippen LogP contribution in [0.2, 0.25) is 0 Å². The Morgan fingerprint density at radius 2 is 1.94 bits per heavy atom. The maximum Gasteiger partial charge on any atom is 0.410 e. The first-order valence-electron chi connectivity index (χ1n) is 10.6. The third-order valence-electron chi connectivity index (χ3n) is 5.54. The molecule has 0 spiro atoms. The van der Waals surface area contributed by atoms with E-state index in [-0.39, 0.29) is 17.6 Å². The van der Waals surface area contributed by atoms with Crippen molar-refractivity contribution in [3.8, 4) is 0 Å². The number of carbonyl (C=O) groups is 2. The molecule has 2 aliphatic rings. The number of aromatic nitrogens is 2. The van der Waals surface area contributed by atoms with Gasteiger partial charge in [0.15, 0.2) is 0 Å². The molecule has 2 unspecified atom stereocenters. The van der Waals surface area contributed by atoms with Crippen LogP contribution in [0.3, 0.4) is 0 Å². The summed E-state index contributed by atoms with van der Waals surface area (Å²) < 4.78 is 44.1. The van der Waals surface area contributed by atoms with Crippen molar-refractivity contribution in [2.24, 2.45) is 0 Å². The lowest BCUT2D eigenvalue weighted by atomic mass is 9.92. The molecular weight excluding hydrogens is 424 g/mol. The third-order valence-corrected chi connectivity index (χ3v) is 5.54. The number of amides is 1. The smallest absolute Gasteiger partial charge is 0.410 e. The van der Waals surface area contributed by atoms with Gasteiger partial charge in [0.1, 0.15) is 17.4 Å². The lowest BCUT2D eigenvalue weighted by molar-refractivity contribution is -0.106. The van der Waals surface area contributed by atoms with Gasteiger partial charge in [0.05, 0.1) is 37.4 Å². The number of pyridine rings is 1. The fourth-order valence-electron chi connectivity index (χ4n) is 4.36. The number of morpholine rings is 1. The molecule has 2 fully saturated rings. The molecule has 0 radical (unpaired) electrons. The number of ether oxygens (including phenoxy) is 3. The highest BCUT2D eigenvalue weighted by Crippen LogP contribution is 2.32. The number of rotatable bonds is 4. The highest BCUT2D eigenvalue weighted by Gasteiger charge is 2.44. The van der Waals surface area contributed by atoms with E-state index in [1.807, 2.05) is 20.8 Å². The molecule has 0 aliphatic carbocycles. The van der Waals surface area contributed by atoms with Crippen LogP contribution in [0.25, 0.3) is 11.0 Å². The minimum atomic E-state index is -2.58. The second-order valence-corrected chi connectivity index (χ2v) is 9.19. The zero-order valence-corrected chi connectivity index (χ0v) is 18.3. The maximum absolute atomic E-state index is 13.0. The standard InChI is InChI=1S/C22H27F2N3O5/c1-22(2,3)32-21(29)27-13-7-15(8-14(27)12-30-11-13)31-20(28)17-9-26(10-18(23)24)19-16(17)5-4-6-25-19/h4-6,9,13-15,18H,7-8,10-12H2,1-3H3. The summed E-state index contributed by atoms with van der Waals surface area (Å²) >= 11 is 0. The Morgan fingerprint density at radius 1 is 1.25 bits per heavy atom. The van der Waals surface area contributed by atoms with Gasteiger partial charge in [0.2, 0.25) is 0 Å². The summed E-state index contributed by atoms with van der Waals surface area (Å²) in [5.74, 6) is -0.592. The zero-order chi connectivity index (χ0) is 23.0. The van der Waals surface area contributed by atoms with Gasteiger partial charge in [-0.3, -0.25) is 4.90 Å². The molecule has 4 rings (SSSR count). The average molecular weight is 451 g/mol. The largest absolute Gasteiger partial charge is 0.459 e. The van der Waals surface area contributed by atoms with Crippen molar-refractivity contribution >= 4 is 23.1 Å². The molecule has 10 heteroatoms. The quantitative estimate of drug-likeness (QED) is 0.661. The maximum atomic E-state index is 13.0. The van der Waals surface area contributed by atoms with Gasteiger partial charge in [0.25, 0.3) is 6.43 Å². The molecule has 2 bridgehead atoms.